The van der Waals surface area contributed by atoms with Crippen LogP contribution in [-0.4, -0.2) is 80.4 Å². The molecule has 2 heterocycles. The Bertz CT molecular complexity index is 1370. The van der Waals surface area contributed by atoms with Crippen molar-refractivity contribution >= 4 is 28.9 Å². The predicted molar refractivity (Wildman–Crippen MR) is 145 cm³/mol. The molecule has 2 aromatic carbocycles. The molecule has 0 radical (unpaired) electrons. The van der Waals surface area contributed by atoms with Gasteiger partial charge in [-0.15, -0.1) is 0 Å². The largest absolute Gasteiger partial charge is 0.493 e. The summed E-state index contributed by atoms with van der Waals surface area (Å²) in [5.74, 6) is 0.0917. The van der Waals surface area contributed by atoms with Gasteiger partial charge in [-0.05, 0) is 43.2 Å². The highest BCUT2D eigenvalue weighted by Gasteiger charge is 2.31. The summed E-state index contributed by atoms with van der Waals surface area (Å²) in [5, 5.41) is 12.9. The predicted octanol–water partition coefficient (Wildman–Crippen LogP) is 2.89. The van der Waals surface area contributed by atoms with E-state index in [2.05, 4.69) is 11.4 Å². The van der Waals surface area contributed by atoms with E-state index in [0.29, 0.717) is 79.8 Å². The van der Waals surface area contributed by atoms with Crippen molar-refractivity contribution < 1.29 is 23.8 Å². The van der Waals surface area contributed by atoms with E-state index in [4.69, 9.17) is 24.2 Å². The molecular weight excluding hydrogens is 500 g/mol. The van der Waals surface area contributed by atoms with E-state index < -0.39 is 11.8 Å². The Morgan fingerprint density at radius 1 is 1.03 bits per heavy atom. The van der Waals surface area contributed by atoms with E-state index in [1.54, 1.807) is 32.1 Å². The molecule has 1 fully saturated rings. The Morgan fingerprint density at radius 2 is 1.72 bits per heavy atom. The summed E-state index contributed by atoms with van der Waals surface area (Å²) in [7, 11) is 3.14. The number of rotatable bonds is 9. The quantitative estimate of drug-likeness (QED) is 0.442. The summed E-state index contributed by atoms with van der Waals surface area (Å²) < 4.78 is 15.7. The van der Waals surface area contributed by atoms with Crippen molar-refractivity contribution in [2.24, 2.45) is 0 Å². The molecule has 11 nitrogen and oxygen atoms in total. The number of aromatic nitrogens is 2. The molecule has 2 amide bonds. The number of carbonyl (C=O) groups excluding carboxylic acids is 2. The van der Waals surface area contributed by atoms with Crippen LogP contribution in [0.25, 0.3) is 11.0 Å². The molecule has 1 saturated heterocycles. The zero-order chi connectivity index (χ0) is 27.8. The van der Waals surface area contributed by atoms with E-state index in [-0.39, 0.29) is 6.09 Å². The average molecular weight is 533 g/mol. The van der Waals surface area contributed by atoms with Gasteiger partial charge in [-0.3, -0.25) is 4.79 Å². The molecule has 1 aliphatic rings. The van der Waals surface area contributed by atoms with Gasteiger partial charge in [0.25, 0.3) is 0 Å². The normalized spacial score (nSPS) is 13.9. The number of ether oxygens (including phenoxy) is 3. The van der Waals surface area contributed by atoms with E-state index in [1.807, 2.05) is 41.3 Å². The van der Waals surface area contributed by atoms with Gasteiger partial charge >= 0.3 is 6.09 Å². The molecule has 4 rings (SSSR count). The van der Waals surface area contributed by atoms with Crippen LogP contribution < -0.4 is 19.7 Å². The van der Waals surface area contributed by atoms with E-state index in [1.165, 1.54) is 0 Å². The summed E-state index contributed by atoms with van der Waals surface area (Å²) >= 11 is 0. The van der Waals surface area contributed by atoms with Gasteiger partial charge in [0.15, 0.2) is 23.2 Å². The van der Waals surface area contributed by atoms with Crippen LogP contribution in [0, 0.1) is 11.3 Å². The van der Waals surface area contributed by atoms with Crippen molar-refractivity contribution in [1.82, 2.24) is 20.2 Å². The monoisotopic (exact) mass is 532 g/mol. The van der Waals surface area contributed by atoms with Crippen LogP contribution in [0.2, 0.25) is 0 Å². The first-order chi connectivity index (χ1) is 19.0. The Balaban J connectivity index is 1.52. The Morgan fingerprint density at radius 3 is 2.36 bits per heavy atom. The van der Waals surface area contributed by atoms with Crippen LogP contribution in [0.1, 0.15) is 24.1 Å². The molecule has 0 spiro atoms. The summed E-state index contributed by atoms with van der Waals surface area (Å²) in [6.07, 6.45) is 0.182. The van der Waals surface area contributed by atoms with Gasteiger partial charge in [-0.2, -0.15) is 5.26 Å². The van der Waals surface area contributed by atoms with Crippen molar-refractivity contribution in [1.29, 1.82) is 5.26 Å². The first-order valence-electron chi connectivity index (χ1n) is 12.8. The number of hydrogen-bond donors (Lipinski definition) is 1. The number of hydrogen-bond acceptors (Lipinski definition) is 9. The molecule has 1 N–H and O–H groups in total. The molecule has 39 heavy (non-hydrogen) atoms. The van der Waals surface area contributed by atoms with Crippen molar-refractivity contribution in [2.45, 2.75) is 19.3 Å². The summed E-state index contributed by atoms with van der Waals surface area (Å²) in [5.41, 5.74) is 2.51. The fourth-order valence-electron chi connectivity index (χ4n) is 4.46. The van der Waals surface area contributed by atoms with Crippen molar-refractivity contribution in [2.75, 3.05) is 58.5 Å². The average Bonchev–Trinajstić information content (AvgIpc) is 2.97. The number of fused-ring (bicyclic) bond motifs is 1. The maximum Gasteiger partial charge on any atom is 0.409 e. The summed E-state index contributed by atoms with van der Waals surface area (Å²) in [6.45, 7) is 4.20. The minimum atomic E-state index is -1.16. The second kappa shape index (κ2) is 12.8. The first kappa shape index (κ1) is 27.4. The lowest BCUT2D eigenvalue weighted by atomic mass is 10.0. The number of nitrogens with zero attached hydrogens (tertiary/aromatic N) is 5. The SMILES string of the molecule is CCOC(=O)N1CCN(c2nc3ccccc3nc2C(C#N)C(=O)NCCc2ccc(OC)c(OC)c2)CC1. The van der Waals surface area contributed by atoms with Gasteiger partial charge < -0.3 is 29.3 Å². The molecule has 0 bridgehead atoms. The molecule has 204 valence electrons. The summed E-state index contributed by atoms with van der Waals surface area (Å²) in [6, 6.07) is 15.0. The lowest BCUT2D eigenvalue weighted by Gasteiger charge is -2.35. The maximum atomic E-state index is 13.2. The second-order valence-electron chi connectivity index (χ2n) is 8.89. The van der Waals surface area contributed by atoms with Gasteiger partial charge in [0.1, 0.15) is 5.69 Å². The van der Waals surface area contributed by atoms with Crippen molar-refractivity contribution in [3.8, 4) is 17.6 Å². The Kier molecular flexibility index (Phi) is 8.99. The Labute approximate surface area is 227 Å². The molecule has 1 atom stereocenters. The van der Waals surface area contributed by atoms with Crippen molar-refractivity contribution in [3.63, 3.8) is 0 Å². The number of nitriles is 1. The maximum absolute atomic E-state index is 13.2. The molecule has 3 aromatic rings. The fraction of sp³-hybridized carbons (Fsp3) is 0.393. The smallest absolute Gasteiger partial charge is 0.409 e. The number of amides is 2. The number of benzene rings is 2. The third-order valence-electron chi connectivity index (χ3n) is 6.51. The number of carbonyl (C=O) groups is 2. The first-order valence-corrected chi connectivity index (χ1v) is 12.8. The Hall–Kier alpha value is -4.59. The van der Waals surface area contributed by atoms with Gasteiger partial charge in [0.2, 0.25) is 5.91 Å². The topological polar surface area (TPSA) is 130 Å². The lowest BCUT2D eigenvalue weighted by molar-refractivity contribution is -0.121. The zero-order valence-corrected chi connectivity index (χ0v) is 22.3. The number of anilines is 1. The molecule has 1 aromatic heterocycles. The molecule has 1 unspecified atom stereocenters. The standard InChI is InChI=1S/C28H32N6O5/c1-4-39-28(36)34-15-13-33(14-16-34)26-25(31-21-7-5-6-8-22(21)32-26)20(18-29)27(35)30-12-11-19-9-10-23(37-2)24(17-19)38-3/h5-10,17,20H,4,11-16H2,1-3H3,(H,30,35). The van der Waals surface area contributed by atoms with Crippen LogP contribution in [0.15, 0.2) is 42.5 Å². The van der Waals surface area contributed by atoms with E-state index >= 15 is 0 Å². The molecular formula is C28H32N6O5. The number of para-hydroxylation sites is 2. The molecule has 0 aliphatic carbocycles. The lowest BCUT2D eigenvalue weighted by Crippen LogP contribution is -2.49. The van der Waals surface area contributed by atoms with Gasteiger partial charge in [0, 0.05) is 32.7 Å². The highest BCUT2D eigenvalue weighted by atomic mass is 16.6. The molecule has 11 heteroatoms. The van der Waals surface area contributed by atoms with Gasteiger partial charge in [-0.25, -0.2) is 14.8 Å². The van der Waals surface area contributed by atoms with Gasteiger partial charge in [0.05, 0.1) is 37.9 Å². The minimum absolute atomic E-state index is 0.296. The molecule has 1 aliphatic heterocycles. The van der Waals surface area contributed by atoms with Crippen molar-refractivity contribution in [3.05, 3.63) is 53.7 Å². The van der Waals surface area contributed by atoms with Gasteiger partial charge in [-0.1, -0.05) is 18.2 Å². The number of nitrogens with one attached hydrogen (secondary N) is 1. The van der Waals surface area contributed by atoms with Crippen LogP contribution in [0.3, 0.4) is 0 Å². The molecule has 0 saturated carbocycles. The van der Waals surface area contributed by atoms with E-state index in [9.17, 15) is 14.9 Å². The van der Waals surface area contributed by atoms with E-state index in [0.717, 1.165) is 5.56 Å². The third-order valence-corrected chi connectivity index (χ3v) is 6.51. The van der Waals surface area contributed by atoms with Crippen LogP contribution in [0.4, 0.5) is 10.6 Å². The second-order valence-corrected chi connectivity index (χ2v) is 8.89. The highest BCUT2D eigenvalue weighted by Crippen LogP contribution is 2.29. The highest BCUT2D eigenvalue weighted by molar-refractivity contribution is 5.89. The minimum Gasteiger partial charge on any atom is -0.493 e. The zero-order valence-electron chi connectivity index (χ0n) is 22.3. The van der Waals surface area contributed by atoms with Crippen LogP contribution in [-0.2, 0) is 16.0 Å². The fourth-order valence-corrected chi connectivity index (χ4v) is 4.46. The summed E-state index contributed by atoms with van der Waals surface area (Å²) in [4.78, 5) is 38.5. The van der Waals surface area contributed by atoms with Crippen LogP contribution in [0.5, 0.6) is 11.5 Å². The number of methoxy groups -OCH3 is 2. The third kappa shape index (κ3) is 6.29. The van der Waals surface area contributed by atoms with Crippen LogP contribution >= 0.6 is 0 Å². The number of piperazine rings is 1.